The SMILES string of the molecule is CC(N=C(N=C(N)c1ccc(-c2ccccc2)cc1)c1ccccc1)c1ccc(-c2ccc3c4cc(-c5ccccc5)ccc4n(-c4ccc(-c5ccc(-c6ccccc6)cc5)cc4)c3c2)cc1. The minimum Gasteiger partial charge on any atom is -0.383 e. The van der Waals surface area contributed by atoms with Crippen LogP contribution in [0.2, 0.25) is 0 Å². The van der Waals surface area contributed by atoms with E-state index in [1.54, 1.807) is 0 Å². The molecule has 10 aromatic carbocycles. The normalized spacial score (nSPS) is 12.4. The highest BCUT2D eigenvalue weighted by atomic mass is 15.0. The Morgan fingerprint density at radius 2 is 0.779 bits per heavy atom. The fourth-order valence-corrected chi connectivity index (χ4v) is 9.19. The highest BCUT2D eigenvalue weighted by Gasteiger charge is 2.16. The summed E-state index contributed by atoms with van der Waals surface area (Å²) in [5.74, 6) is 1.01. The molecule has 0 aliphatic carbocycles. The highest BCUT2D eigenvalue weighted by molar-refractivity contribution is 6.12. The van der Waals surface area contributed by atoms with Gasteiger partial charge in [0.25, 0.3) is 0 Å². The first kappa shape index (κ1) is 41.8. The summed E-state index contributed by atoms with van der Waals surface area (Å²) in [6, 6.07) is 89.9. The molecule has 0 amide bonds. The molecule has 11 aromatic rings. The molecule has 11 rings (SSSR count). The van der Waals surface area contributed by atoms with Gasteiger partial charge < -0.3 is 10.3 Å². The van der Waals surface area contributed by atoms with Crippen LogP contribution in [0.1, 0.15) is 29.7 Å². The molecule has 0 aliphatic rings. The largest absolute Gasteiger partial charge is 0.383 e. The van der Waals surface area contributed by atoms with E-state index in [4.69, 9.17) is 15.7 Å². The number of hydrogen-bond donors (Lipinski definition) is 1. The summed E-state index contributed by atoms with van der Waals surface area (Å²) in [4.78, 5) is 10.1. The number of nitrogens with zero attached hydrogens (tertiary/aromatic N) is 3. The molecule has 0 spiro atoms. The standard InChI is InChI=1S/C64H48N4/c1-44(66-64(55-20-12-5-13-21-55)67-63(65)54-32-30-50(31-33-54)47-16-8-3-9-17-47)45-22-24-53(25-23-45)57-36-40-59-60-42-56(48-18-10-4-11-19-48)37-41-61(60)68(62(59)43-57)58-38-34-52(35-39-58)51-28-26-49(27-29-51)46-14-6-2-7-15-46/h2-44H,1H3,(H2,65,66,67). The first-order chi connectivity index (χ1) is 33.5. The van der Waals surface area contributed by atoms with Gasteiger partial charge in [-0.3, -0.25) is 4.99 Å². The molecule has 0 saturated heterocycles. The maximum absolute atomic E-state index is 6.69. The number of nitrogens with two attached hydrogens (primary N) is 1. The quantitative estimate of drug-likeness (QED) is 0.108. The highest BCUT2D eigenvalue weighted by Crippen LogP contribution is 2.38. The van der Waals surface area contributed by atoms with Crippen molar-refractivity contribution in [2.24, 2.45) is 15.7 Å². The molecule has 1 heterocycles. The first-order valence-corrected chi connectivity index (χ1v) is 23.2. The van der Waals surface area contributed by atoms with Gasteiger partial charge in [-0.25, -0.2) is 4.99 Å². The van der Waals surface area contributed by atoms with E-state index < -0.39 is 0 Å². The summed E-state index contributed by atoms with van der Waals surface area (Å²) in [7, 11) is 0. The third-order valence-corrected chi connectivity index (χ3v) is 12.9. The van der Waals surface area contributed by atoms with Crippen LogP contribution >= 0.6 is 0 Å². The van der Waals surface area contributed by atoms with Gasteiger partial charge in [-0.15, -0.1) is 0 Å². The molecule has 4 nitrogen and oxygen atoms in total. The number of benzene rings is 10. The van der Waals surface area contributed by atoms with Crippen LogP contribution in [0.15, 0.2) is 265 Å². The van der Waals surface area contributed by atoms with E-state index in [0.29, 0.717) is 11.7 Å². The average Bonchev–Trinajstić information content (AvgIpc) is 3.74. The van der Waals surface area contributed by atoms with Crippen molar-refractivity contribution in [1.29, 1.82) is 0 Å². The average molecular weight is 873 g/mol. The van der Waals surface area contributed by atoms with Crippen molar-refractivity contribution in [2.45, 2.75) is 13.0 Å². The number of hydrogen-bond acceptors (Lipinski definition) is 1. The van der Waals surface area contributed by atoms with Crippen molar-refractivity contribution in [2.75, 3.05) is 0 Å². The molecule has 0 radical (unpaired) electrons. The Morgan fingerprint density at radius 3 is 1.34 bits per heavy atom. The number of rotatable bonds is 10. The molecule has 1 atom stereocenters. The zero-order valence-electron chi connectivity index (χ0n) is 37.7. The molecule has 4 heteroatoms. The van der Waals surface area contributed by atoms with Gasteiger partial charge in [0.2, 0.25) is 0 Å². The first-order valence-electron chi connectivity index (χ1n) is 23.2. The summed E-state index contributed by atoms with van der Waals surface area (Å²) in [5, 5.41) is 2.43. The van der Waals surface area contributed by atoms with Gasteiger partial charge >= 0.3 is 0 Å². The topological polar surface area (TPSA) is 55.7 Å². The minimum atomic E-state index is -0.176. The van der Waals surface area contributed by atoms with Crippen LogP contribution in [0, 0.1) is 0 Å². The number of aliphatic imine (C=N–C) groups is 2. The summed E-state index contributed by atoms with van der Waals surface area (Å²) < 4.78 is 2.41. The van der Waals surface area contributed by atoms with Gasteiger partial charge in [0.15, 0.2) is 5.84 Å². The predicted octanol–water partition coefficient (Wildman–Crippen LogP) is 16.0. The molecule has 68 heavy (non-hydrogen) atoms. The monoisotopic (exact) mass is 872 g/mol. The van der Waals surface area contributed by atoms with Crippen molar-refractivity contribution in [1.82, 2.24) is 4.57 Å². The molecule has 0 bridgehead atoms. The summed E-state index contributed by atoms with van der Waals surface area (Å²) >= 11 is 0. The summed E-state index contributed by atoms with van der Waals surface area (Å²) in [5.41, 5.74) is 24.7. The van der Waals surface area contributed by atoms with Gasteiger partial charge in [-0.05, 0) is 98.5 Å². The van der Waals surface area contributed by atoms with Crippen molar-refractivity contribution >= 4 is 33.5 Å². The zero-order valence-corrected chi connectivity index (χ0v) is 37.7. The Kier molecular flexibility index (Phi) is 11.4. The van der Waals surface area contributed by atoms with Crippen molar-refractivity contribution in [3.05, 3.63) is 271 Å². The van der Waals surface area contributed by atoms with Gasteiger partial charge in [-0.2, -0.15) is 0 Å². The van der Waals surface area contributed by atoms with E-state index in [1.807, 2.05) is 60.7 Å². The second-order valence-electron chi connectivity index (χ2n) is 17.2. The summed E-state index contributed by atoms with van der Waals surface area (Å²) in [6.07, 6.45) is 0. The van der Waals surface area contributed by atoms with Crippen LogP contribution in [0.4, 0.5) is 0 Å². The Labute approximate surface area is 397 Å². The molecular formula is C64H48N4. The fraction of sp³-hybridized carbons (Fsp3) is 0.0312. The lowest BCUT2D eigenvalue weighted by Gasteiger charge is -2.12. The molecule has 324 valence electrons. The van der Waals surface area contributed by atoms with Crippen LogP contribution in [-0.4, -0.2) is 16.2 Å². The Balaban J connectivity index is 0.916. The van der Waals surface area contributed by atoms with Gasteiger partial charge in [0.05, 0.1) is 17.1 Å². The Bertz CT molecular complexity index is 3560. The number of amidine groups is 2. The number of aromatic nitrogens is 1. The lowest BCUT2D eigenvalue weighted by atomic mass is 9.99. The van der Waals surface area contributed by atoms with Crippen molar-refractivity contribution < 1.29 is 0 Å². The van der Waals surface area contributed by atoms with Crippen LogP contribution in [0.25, 0.3) is 83.1 Å². The number of fused-ring (bicyclic) bond motifs is 3. The minimum absolute atomic E-state index is 0.176. The van der Waals surface area contributed by atoms with Crippen LogP contribution in [0.3, 0.4) is 0 Å². The van der Waals surface area contributed by atoms with E-state index in [1.165, 1.54) is 49.7 Å². The third kappa shape index (κ3) is 8.55. The zero-order chi connectivity index (χ0) is 45.8. The lowest BCUT2D eigenvalue weighted by molar-refractivity contribution is 0.818. The molecule has 2 N–H and O–H groups in total. The second-order valence-corrected chi connectivity index (χ2v) is 17.2. The van der Waals surface area contributed by atoms with Gasteiger partial charge in [0, 0.05) is 27.6 Å². The van der Waals surface area contributed by atoms with E-state index in [-0.39, 0.29) is 6.04 Å². The summed E-state index contributed by atoms with van der Waals surface area (Å²) in [6.45, 7) is 2.11. The predicted molar refractivity (Wildman–Crippen MR) is 287 cm³/mol. The maximum Gasteiger partial charge on any atom is 0.157 e. The van der Waals surface area contributed by atoms with Crippen LogP contribution in [0.5, 0.6) is 0 Å². The smallest absolute Gasteiger partial charge is 0.157 e. The fourth-order valence-electron chi connectivity index (χ4n) is 9.19. The van der Waals surface area contributed by atoms with Crippen molar-refractivity contribution in [3.8, 4) is 61.3 Å². The lowest BCUT2D eigenvalue weighted by Crippen LogP contribution is -2.16. The Morgan fingerprint density at radius 1 is 0.368 bits per heavy atom. The Hall–Kier alpha value is -8.86. The molecule has 1 unspecified atom stereocenters. The maximum atomic E-state index is 6.69. The molecule has 0 saturated carbocycles. The van der Waals surface area contributed by atoms with E-state index in [2.05, 4.69) is 206 Å². The van der Waals surface area contributed by atoms with Crippen LogP contribution in [-0.2, 0) is 0 Å². The van der Waals surface area contributed by atoms with Gasteiger partial charge in [0.1, 0.15) is 5.84 Å². The molecule has 0 fully saturated rings. The van der Waals surface area contributed by atoms with Crippen molar-refractivity contribution in [3.63, 3.8) is 0 Å². The van der Waals surface area contributed by atoms with Gasteiger partial charge in [-0.1, -0.05) is 224 Å². The second kappa shape index (κ2) is 18.6. The van der Waals surface area contributed by atoms with E-state index in [9.17, 15) is 0 Å². The molecule has 1 aromatic heterocycles. The third-order valence-electron chi connectivity index (χ3n) is 12.9. The van der Waals surface area contributed by atoms with E-state index in [0.717, 1.165) is 50.1 Å². The molecule has 0 aliphatic heterocycles. The van der Waals surface area contributed by atoms with E-state index >= 15 is 0 Å². The molecular weight excluding hydrogens is 825 g/mol. The van der Waals surface area contributed by atoms with Crippen LogP contribution < -0.4 is 5.73 Å².